The van der Waals surface area contributed by atoms with Crippen LogP contribution in [-0.2, 0) is 19.2 Å². The molecule has 7 heteroatoms. The highest BCUT2D eigenvalue weighted by molar-refractivity contribution is 7.98. The van der Waals surface area contributed by atoms with Crippen molar-refractivity contribution in [1.29, 1.82) is 0 Å². The molecule has 0 fully saturated rings. The van der Waals surface area contributed by atoms with Gasteiger partial charge in [0, 0.05) is 24.3 Å². The molecule has 4 rings (SSSR count). The van der Waals surface area contributed by atoms with E-state index in [1.807, 2.05) is 18.2 Å². The Hall–Kier alpha value is -2.93. The summed E-state index contributed by atoms with van der Waals surface area (Å²) in [5.41, 5.74) is 2.61. The molecule has 2 aromatic heterocycles. The molecule has 0 amide bonds. The number of fused-ring (bicyclic) bond motifs is 1. The molecule has 2 heterocycles. The number of aryl methyl sites for hydroxylation is 1. The lowest BCUT2D eigenvalue weighted by Crippen LogP contribution is -2.01. The standard InChI is InChI=1S/C21H18FN3O2S/c1-3-13-8-9-15-14(11-19(26)27-18(15)10-13)12-28-21-24-23-20(25(21)2)16-6-4-5-7-17(16)22/h4-11H,3,12H2,1-2H3. The van der Waals surface area contributed by atoms with Gasteiger partial charge in [0.25, 0.3) is 0 Å². The summed E-state index contributed by atoms with van der Waals surface area (Å²) in [6, 6.07) is 13.9. The Morgan fingerprint density at radius 1 is 1.14 bits per heavy atom. The molecule has 0 aliphatic carbocycles. The van der Waals surface area contributed by atoms with E-state index in [1.54, 1.807) is 29.8 Å². The molecule has 0 bridgehead atoms. The van der Waals surface area contributed by atoms with Gasteiger partial charge in [-0.25, -0.2) is 9.18 Å². The number of hydrogen-bond acceptors (Lipinski definition) is 5. The van der Waals surface area contributed by atoms with Crippen molar-refractivity contribution in [2.45, 2.75) is 24.3 Å². The summed E-state index contributed by atoms with van der Waals surface area (Å²) in [5, 5.41) is 9.87. The Morgan fingerprint density at radius 3 is 2.75 bits per heavy atom. The molecule has 0 saturated carbocycles. The van der Waals surface area contributed by atoms with Crippen molar-refractivity contribution in [2.75, 3.05) is 0 Å². The minimum absolute atomic E-state index is 0.340. The van der Waals surface area contributed by atoms with Crippen molar-refractivity contribution in [3.05, 3.63) is 75.9 Å². The second kappa shape index (κ2) is 7.59. The number of benzene rings is 2. The summed E-state index contributed by atoms with van der Waals surface area (Å²) >= 11 is 1.44. The van der Waals surface area contributed by atoms with E-state index < -0.39 is 0 Å². The zero-order valence-electron chi connectivity index (χ0n) is 15.5. The molecule has 142 valence electrons. The smallest absolute Gasteiger partial charge is 0.336 e. The van der Waals surface area contributed by atoms with Crippen LogP contribution in [0.3, 0.4) is 0 Å². The average molecular weight is 395 g/mol. The number of rotatable bonds is 5. The molecular formula is C21H18FN3O2S. The lowest BCUT2D eigenvalue weighted by molar-refractivity contribution is 0.559. The summed E-state index contributed by atoms with van der Waals surface area (Å²) < 4.78 is 21.2. The summed E-state index contributed by atoms with van der Waals surface area (Å²) in [4.78, 5) is 12.0. The third kappa shape index (κ3) is 3.45. The first-order valence-electron chi connectivity index (χ1n) is 8.89. The first-order chi connectivity index (χ1) is 13.6. The van der Waals surface area contributed by atoms with Crippen LogP contribution >= 0.6 is 11.8 Å². The van der Waals surface area contributed by atoms with Crippen LogP contribution in [0.2, 0.25) is 0 Å². The Bertz CT molecular complexity index is 1220. The van der Waals surface area contributed by atoms with Gasteiger partial charge in [-0.15, -0.1) is 10.2 Å². The van der Waals surface area contributed by atoms with Gasteiger partial charge in [0.05, 0.1) is 5.56 Å². The maximum Gasteiger partial charge on any atom is 0.336 e. The molecule has 0 unspecified atom stereocenters. The summed E-state index contributed by atoms with van der Waals surface area (Å²) in [6.07, 6.45) is 0.871. The molecule has 4 aromatic rings. The normalized spacial score (nSPS) is 11.2. The van der Waals surface area contributed by atoms with Crippen molar-refractivity contribution in [3.63, 3.8) is 0 Å². The van der Waals surface area contributed by atoms with Gasteiger partial charge in [-0.05, 0) is 35.7 Å². The zero-order chi connectivity index (χ0) is 19.7. The Morgan fingerprint density at radius 2 is 1.96 bits per heavy atom. The average Bonchev–Trinajstić information content (AvgIpc) is 3.06. The first kappa shape index (κ1) is 18.4. The van der Waals surface area contributed by atoms with Gasteiger partial charge in [0.15, 0.2) is 11.0 Å². The largest absolute Gasteiger partial charge is 0.423 e. The number of hydrogen-bond donors (Lipinski definition) is 0. The van der Waals surface area contributed by atoms with E-state index in [9.17, 15) is 9.18 Å². The van der Waals surface area contributed by atoms with Crippen molar-refractivity contribution >= 4 is 22.7 Å². The predicted octanol–water partition coefficient (Wildman–Crippen LogP) is 4.58. The highest BCUT2D eigenvalue weighted by atomic mass is 32.2. The maximum absolute atomic E-state index is 14.1. The summed E-state index contributed by atoms with van der Waals surface area (Å²) in [7, 11) is 1.80. The number of thioether (sulfide) groups is 1. The van der Waals surface area contributed by atoms with Crippen LogP contribution in [0.4, 0.5) is 4.39 Å². The van der Waals surface area contributed by atoms with E-state index in [4.69, 9.17) is 4.42 Å². The predicted molar refractivity (Wildman–Crippen MR) is 108 cm³/mol. The van der Waals surface area contributed by atoms with Crippen LogP contribution in [0, 0.1) is 5.82 Å². The minimum atomic E-state index is -0.374. The fraction of sp³-hybridized carbons (Fsp3) is 0.190. The quantitative estimate of drug-likeness (QED) is 0.366. The highest BCUT2D eigenvalue weighted by Gasteiger charge is 2.15. The summed E-state index contributed by atoms with van der Waals surface area (Å²) in [6.45, 7) is 2.06. The van der Waals surface area contributed by atoms with E-state index >= 15 is 0 Å². The molecule has 0 N–H and O–H groups in total. The van der Waals surface area contributed by atoms with Crippen LogP contribution < -0.4 is 5.63 Å². The van der Waals surface area contributed by atoms with Crippen molar-refractivity contribution < 1.29 is 8.81 Å². The Balaban J connectivity index is 1.64. The highest BCUT2D eigenvalue weighted by Crippen LogP contribution is 2.29. The lowest BCUT2D eigenvalue weighted by Gasteiger charge is -2.07. The van der Waals surface area contributed by atoms with E-state index in [0.717, 1.165) is 22.9 Å². The Labute approximate surface area is 165 Å². The first-order valence-corrected chi connectivity index (χ1v) is 9.88. The van der Waals surface area contributed by atoms with Gasteiger partial charge in [-0.3, -0.25) is 0 Å². The van der Waals surface area contributed by atoms with Crippen molar-refractivity contribution in [1.82, 2.24) is 14.8 Å². The van der Waals surface area contributed by atoms with E-state index in [1.165, 1.54) is 23.9 Å². The number of halogens is 1. The van der Waals surface area contributed by atoms with E-state index in [-0.39, 0.29) is 11.4 Å². The molecular weight excluding hydrogens is 377 g/mol. The molecule has 28 heavy (non-hydrogen) atoms. The van der Waals surface area contributed by atoms with Gasteiger partial charge in [0.2, 0.25) is 0 Å². The molecule has 0 spiro atoms. The van der Waals surface area contributed by atoms with Crippen molar-refractivity contribution in [3.8, 4) is 11.4 Å². The number of aromatic nitrogens is 3. The minimum Gasteiger partial charge on any atom is -0.423 e. The van der Waals surface area contributed by atoms with Gasteiger partial charge in [-0.2, -0.15) is 0 Å². The summed E-state index contributed by atoms with van der Waals surface area (Å²) in [5.74, 6) is 0.648. The molecule has 0 aliphatic rings. The number of nitrogens with zero attached hydrogens (tertiary/aromatic N) is 3. The third-order valence-electron chi connectivity index (χ3n) is 4.61. The third-order valence-corrected chi connectivity index (χ3v) is 5.68. The molecule has 0 aliphatic heterocycles. The molecule has 5 nitrogen and oxygen atoms in total. The van der Waals surface area contributed by atoms with Crippen LogP contribution in [0.25, 0.3) is 22.4 Å². The van der Waals surface area contributed by atoms with Crippen LogP contribution in [-0.4, -0.2) is 14.8 Å². The van der Waals surface area contributed by atoms with Crippen LogP contribution in [0.5, 0.6) is 0 Å². The molecule has 0 saturated heterocycles. The topological polar surface area (TPSA) is 60.9 Å². The van der Waals surface area contributed by atoms with Gasteiger partial charge >= 0.3 is 5.63 Å². The van der Waals surface area contributed by atoms with Crippen LogP contribution in [0.15, 0.2) is 62.9 Å². The lowest BCUT2D eigenvalue weighted by atomic mass is 10.1. The SMILES string of the molecule is CCc1ccc2c(CSc3nnc(-c4ccccc4F)n3C)cc(=O)oc2c1. The van der Waals surface area contributed by atoms with Gasteiger partial charge < -0.3 is 8.98 Å². The fourth-order valence-electron chi connectivity index (χ4n) is 3.07. The van der Waals surface area contributed by atoms with Gasteiger partial charge in [-0.1, -0.05) is 43.0 Å². The fourth-order valence-corrected chi connectivity index (χ4v) is 3.98. The van der Waals surface area contributed by atoms with Gasteiger partial charge in [0.1, 0.15) is 11.4 Å². The Kier molecular flexibility index (Phi) is 5.00. The van der Waals surface area contributed by atoms with Crippen molar-refractivity contribution in [2.24, 2.45) is 7.05 Å². The zero-order valence-corrected chi connectivity index (χ0v) is 16.3. The molecule has 2 aromatic carbocycles. The van der Waals surface area contributed by atoms with E-state index in [2.05, 4.69) is 17.1 Å². The molecule has 0 radical (unpaired) electrons. The maximum atomic E-state index is 14.1. The second-order valence-corrected chi connectivity index (χ2v) is 7.35. The monoisotopic (exact) mass is 395 g/mol. The molecule has 0 atom stereocenters. The second-order valence-electron chi connectivity index (χ2n) is 6.41. The van der Waals surface area contributed by atoms with Crippen LogP contribution in [0.1, 0.15) is 18.1 Å². The van der Waals surface area contributed by atoms with E-state index in [0.29, 0.717) is 27.9 Å².